The van der Waals surface area contributed by atoms with E-state index in [0.717, 1.165) is 45.1 Å². The van der Waals surface area contributed by atoms with Crippen LogP contribution in [0.2, 0.25) is 5.02 Å². The van der Waals surface area contributed by atoms with Gasteiger partial charge in [-0.1, -0.05) is 11.6 Å². The van der Waals surface area contributed by atoms with E-state index in [4.69, 9.17) is 17.4 Å². The molecule has 0 radical (unpaired) electrons. The highest BCUT2D eigenvalue weighted by Crippen LogP contribution is 2.36. The molecule has 88 valence electrons. The summed E-state index contributed by atoms with van der Waals surface area (Å²) in [7, 11) is 0. The summed E-state index contributed by atoms with van der Waals surface area (Å²) in [5.74, 6) is 5.67. The van der Waals surface area contributed by atoms with Crippen molar-refractivity contribution in [3.05, 3.63) is 32.0 Å². The Labute approximate surface area is 118 Å². The van der Waals surface area contributed by atoms with E-state index in [1.807, 2.05) is 6.07 Å². The molecule has 0 spiro atoms. The van der Waals surface area contributed by atoms with Crippen molar-refractivity contribution in [3.8, 4) is 0 Å². The number of nitrogens with two attached hydrogens (primary N) is 1. The molecule has 2 aromatic rings. The molecule has 0 atom stereocenters. The van der Waals surface area contributed by atoms with Crippen molar-refractivity contribution in [2.45, 2.75) is 19.3 Å². The number of nitrogens with one attached hydrogen (secondary N) is 1. The van der Waals surface area contributed by atoms with Crippen LogP contribution >= 0.6 is 34.2 Å². The minimum Gasteiger partial charge on any atom is -0.323 e. The van der Waals surface area contributed by atoms with Gasteiger partial charge in [0, 0.05) is 14.7 Å². The van der Waals surface area contributed by atoms with Gasteiger partial charge in [0.25, 0.3) is 0 Å². The third kappa shape index (κ3) is 1.78. The maximum atomic E-state index is 6.26. The summed E-state index contributed by atoms with van der Waals surface area (Å²) >= 11 is 8.51. The Morgan fingerprint density at radius 2 is 2.18 bits per heavy atom. The van der Waals surface area contributed by atoms with Gasteiger partial charge >= 0.3 is 0 Å². The lowest BCUT2D eigenvalue weighted by Gasteiger charge is -2.12. The van der Waals surface area contributed by atoms with Crippen molar-refractivity contribution in [2.75, 3.05) is 5.43 Å². The quantitative estimate of drug-likeness (QED) is 0.467. The van der Waals surface area contributed by atoms with Gasteiger partial charge in [0.05, 0.1) is 16.2 Å². The van der Waals surface area contributed by atoms with Crippen molar-refractivity contribution < 1.29 is 0 Å². The summed E-state index contributed by atoms with van der Waals surface area (Å²) in [6, 6.07) is 4.00. The number of hydrogen-bond donors (Lipinski definition) is 2. The molecule has 1 aliphatic carbocycles. The first-order valence-electron chi connectivity index (χ1n) is 5.48. The van der Waals surface area contributed by atoms with Gasteiger partial charge in [-0.3, -0.25) is 10.8 Å². The number of rotatable bonds is 1. The number of aromatic nitrogens is 1. The molecule has 5 heteroatoms. The average Bonchev–Trinajstić information content (AvgIpc) is 2.74. The lowest BCUT2D eigenvalue weighted by molar-refractivity contribution is 0.901. The van der Waals surface area contributed by atoms with Crippen molar-refractivity contribution >= 4 is 50.8 Å². The van der Waals surface area contributed by atoms with E-state index >= 15 is 0 Å². The molecule has 0 bridgehead atoms. The number of hydrazine groups is 1. The van der Waals surface area contributed by atoms with Crippen LogP contribution in [0.4, 0.5) is 5.69 Å². The normalized spacial score (nSPS) is 14.1. The number of nitrogen functional groups attached to an aromatic ring is 1. The summed E-state index contributed by atoms with van der Waals surface area (Å²) in [6.45, 7) is 0. The number of fused-ring (bicyclic) bond motifs is 2. The van der Waals surface area contributed by atoms with Gasteiger partial charge in [0.2, 0.25) is 0 Å². The largest absolute Gasteiger partial charge is 0.323 e. The van der Waals surface area contributed by atoms with Crippen LogP contribution in [0.5, 0.6) is 0 Å². The van der Waals surface area contributed by atoms with Crippen LogP contribution in [0, 0.1) is 3.57 Å². The highest BCUT2D eigenvalue weighted by atomic mass is 127. The summed E-state index contributed by atoms with van der Waals surface area (Å²) in [4.78, 5) is 4.67. The number of anilines is 1. The molecule has 0 saturated heterocycles. The molecule has 1 aromatic carbocycles. The first kappa shape index (κ1) is 11.5. The third-order valence-corrected chi connectivity index (χ3v) is 4.09. The van der Waals surface area contributed by atoms with Gasteiger partial charge in [-0.25, -0.2) is 0 Å². The Hall–Kier alpha value is -0.590. The van der Waals surface area contributed by atoms with Crippen LogP contribution in [-0.2, 0) is 12.8 Å². The molecule has 0 fully saturated rings. The average molecular weight is 360 g/mol. The molecular formula is C12H11ClIN3. The van der Waals surface area contributed by atoms with E-state index in [1.165, 1.54) is 5.56 Å². The van der Waals surface area contributed by atoms with Crippen LogP contribution in [-0.4, -0.2) is 4.98 Å². The van der Waals surface area contributed by atoms with Crippen molar-refractivity contribution in [3.63, 3.8) is 0 Å². The Morgan fingerprint density at radius 3 is 2.94 bits per heavy atom. The van der Waals surface area contributed by atoms with E-state index in [-0.39, 0.29) is 0 Å². The summed E-state index contributed by atoms with van der Waals surface area (Å²) in [5.41, 5.74) is 7.04. The molecule has 0 aliphatic heterocycles. The van der Waals surface area contributed by atoms with Crippen LogP contribution in [0.3, 0.4) is 0 Å². The number of benzene rings is 1. The molecule has 17 heavy (non-hydrogen) atoms. The smallest absolute Gasteiger partial charge is 0.0913 e. The third-order valence-electron chi connectivity index (χ3n) is 3.18. The molecule has 0 unspecified atom stereocenters. The minimum atomic E-state index is 0.693. The lowest BCUT2D eigenvalue weighted by atomic mass is 10.1. The number of halogens is 2. The zero-order chi connectivity index (χ0) is 12.0. The molecular weight excluding hydrogens is 349 g/mol. The topological polar surface area (TPSA) is 50.9 Å². The fraction of sp³-hybridized carbons (Fsp3) is 0.250. The minimum absolute atomic E-state index is 0.693. The zero-order valence-electron chi connectivity index (χ0n) is 9.06. The predicted molar refractivity (Wildman–Crippen MR) is 79.3 cm³/mol. The Kier molecular flexibility index (Phi) is 2.88. The molecule has 1 heterocycles. The fourth-order valence-electron chi connectivity index (χ4n) is 2.45. The molecule has 3 nitrogen and oxygen atoms in total. The highest BCUT2D eigenvalue weighted by molar-refractivity contribution is 14.1. The molecule has 0 amide bonds. The van der Waals surface area contributed by atoms with E-state index in [2.05, 4.69) is 39.1 Å². The van der Waals surface area contributed by atoms with Gasteiger partial charge in [-0.2, -0.15) is 0 Å². The maximum absolute atomic E-state index is 6.26. The van der Waals surface area contributed by atoms with Crippen LogP contribution in [0.1, 0.15) is 17.7 Å². The second-order valence-corrected chi connectivity index (χ2v) is 5.85. The second-order valence-electron chi connectivity index (χ2n) is 4.19. The lowest BCUT2D eigenvalue weighted by Crippen LogP contribution is -2.11. The number of nitrogens with zero attached hydrogens (tertiary/aromatic N) is 1. The maximum Gasteiger partial charge on any atom is 0.0913 e. The van der Waals surface area contributed by atoms with Crippen molar-refractivity contribution in [2.24, 2.45) is 5.84 Å². The number of hydrogen-bond acceptors (Lipinski definition) is 3. The first-order chi connectivity index (χ1) is 8.20. The highest BCUT2D eigenvalue weighted by Gasteiger charge is 2.20. The SMILES string of the molecule is NNc1c2c(nc3c(Cl)cc(I)cc13)CCC2. The van der Waals surface area contributed by atoms with Crippen LogP contribution in [0.15, 0.2) is 12.1 Å². The van der Waals surface area contributed by atoms with Gasteiger partial charge in [-0.05, 0) is 59.5 Å². The molecule has 1 aromatic heterocycles. The summed E-state index contributed by atoms with van der Waals surface area (Å²) < 4.78 is 1.09. The van der Waals surface area contributed by atoms with Gasteiger partial charge in [0.15, 0.2) is 0 Å². The Balaban J connectivity index is 2.45. The molecule has 0 saturated carbocycles. The van der Waals surface area contributed by atoms with Crippen molar-refractivity contribution in [1.82, 2.24) is 4.98 Å². The van der Waals surface area contributed by atoms with E-state index in [9.17, 15) is 0 Å². The molecule has 3 rings (SSSR count). The van der Waals surface area contributed by atoms with Crippen LogP contribution in [0.25, 0.3) is 10.9 Å². The second kappa shape index (κ2) is 4.26. The van der Waals surface area contributed by atoms with E-state index in [0.29, 0.717) is 5.02 Å². The Bertz CT molecular complexity index is 612. The van der Waals surface area contributed by atoms with Gasteiger partial charge in [0.1, 0.15) is 0 Å². The first-order valence-corrected chi connectivity index (χ1v) is 6.93. The van der Waals surface area contributed by atoms with Crippen molar-refractivity contribution in [1.29, 1.82) is 0 Å². The summed E-state index contributed by atoms with van der Waals surface area (Å²) in [5, 5.41) is 1.71. The van der Waals surface area contributed by atoms with Gasteiger partial charge in [-0.15, -0.1) is 0 Å². The van der Waals surface area contributed by atoms with Crippen LogP contribution < -0.4 is 11.3 Å². The monoisotopic (exact) mass is 359 g/mol. The fourth-order valence-corrected chi connectivity index (χ4v) is 3.52. The zero-order valence-corrected chi connectivity index (χ0v) is 12.0. The molecule has 1 aliphatic rings. The van der Waals surface area contributed by atoms with E-state index < -0.39 is 0 Å². The number of pyridine rings is 1. The molecule has 3 N–H and O–H groups in total. The standard InChI is InChI=1S/C12H11ClIN3/c13-9-5-6(14)4-8-11(17-15)7-2-1-3-10(7)16-12(8)9/h4-5H,1-3,15H2,(H,16,17). The van der Waals surface area contributed by atoms with E-state index in [1.54, 1.807) is 0 Å². The Morgan fingerprint density at radius 1 is 1.35 bits per heavy atom. The predicted octanol–water partition coefficient (Wildman–Crippen LogP) is 3.27. The van der Waals surface area contributed by atoms with Gasteiger partial charge < -0.3 is 5.43 Å². The summed E-state index contributed by atoms with van der Waals surface area (Å²) in [6.07, 6.45) is 3.20. The number of aryl methyl sites for hydroxylation is 1.